The molecule has 4 N–H and O–H groups in total. The normalized spacial score (nSPS) is 23.2. The van der Waals surface area contributed by atoms with Crippen LogP contribution in [0.3, 0.4) is 0 Å². The number of nitrogens with one attached hydrogen (secondary N) is 1. The van der Waals surface area contributed by atoms with Crippen LogP contribution < -0.4 is 10.5 Å². The smallest absolute Gasteiger partial charge is 0.244 e. The van der Waals surface area contributed by atoms with Gasteiger partial charge in [-0.05, 0) is 43.7 Å². The molecule has 1 fully saturated rings. The lowest BCUT2D eigenvalue weighted by Crippen LogP contribution is -2.32. The van der Waals surface area contributed by atoms with Crippen LogP contribution in [0.2, 0.25) is 10.0 Å². The fourth-order valence-corrected chi connectivity index (χ4v) is 4.61. The highest BCUT2D eigenvalue weighted by atomic mass is 35.5. The second-order valence-electron chi connectivity index (χ2n) is 5.33. The average molecular weight is 353 g/mol. The molecule has 1 saturated carbocycles. The van der Waals surface area contributed by atoms with E-state index in [0.29, 0.717) is 19.4 Å². The van der Waals surface area contributed by atoms with E-state index in [4.69, 9.17) is 28.9 Å². The van der Waals surface area contributed by atoms with E-state index in [-0.39, 0.29) is 32.7 Å². The molecule has 2 rings (SSSR count). The van der Waals surface area contributed by atoms with Crippen LogP contribution in [0.5, 0.6) is 0 Å². The lowest BCUT2D eigenvalue weighted by atomic mass is 9.88. The highest BCUT2D eigenvalue weighted by molar-refractivity contribution is 7.89. The summed E-state index contributed by atoms with van der Waals surface area (Å²) in [6, 6.07) is 2.71. The maximum Gasteiger partial charge on any atom is 0.244 e. The molecule has 0 atom stereocenters. The summed E-state index contributed by atoms with van der Waals surface area (Å²) < 4.78 is 27.2. The molecule has 118 valence electrons. The first kappa shape index (κ1) is 16.8. The number of halogens is 2. The molecule has 8 heteroatoms. The quantitative estimate of drug-likeness (QED) is 0.725. The molecule has 21 heavy (non-hydrogen) atoms. The third-order valence-corrected chi connectivity index (χ3v) is 5.85. The maximum absolute atomic E-state index is 12.3. The summed E-state index contributed by atoms with van der Waals surface area (Å²) in [6.45, 7) is 0.313. The summed E-state index contributed by atoms with van der Waals surface area (Å²) in [7, 11) is -3.78. The van der Waals surface area contributed by atoms with Gasteiger partial charge in [-0.25, -0.2) is 13.1 Å². The largest absolute Gasteiger partial charge is 0.398 e. The number of sulfonamides is 1. The number of aliphatic hydroxyl groups excluding tert-OH is 1. The van der Waals surface area contributed by atoms with Crippen LogP contribution >= 0.6 is 23.2 Å². The van der Waals surface area contributed by atoms with Crippen molar-refractivity contribution in [1.29, 1.82) is 0 Å². The first-order chi connectivity index (χ1) is 9.79. The van der Waals surface area contributed by atoms with Crippen molar-refractivity contribution in [2.24, 2.45) is 5.92 Å². The molecule has 1 aromatic rings. The molecule has 0 spiro atoms. The fraction of sp³-hybridized carbons (Fsp3) is 0.538. The molecule has 1 aromatic carbocycles. The van der Waals surface area contributed by atoms with Gasteiger partial charge in [0.2, 0.25) is 10.0 Å². The third-order valence-electron chi connectivity index (χ3n) is 3.68. The number of hydrogen-bond donors (Lipinski definition) is 3. The van der Waals surface area contributed by atoms with Gasteiger partial charge in [0.1, 0.15) is 4.90 Å². The van der Waals surface area contributed by atoms with Gasteiger partial charge in [0.05, 0.1) is 16.8 Å². The lowest BCUT2D eigenvalue weighted by Gasteiger charge is -2.25. The highest BCUT2D eigenvalue weighted by Crippen LogP contribution is 2.31. The van der Waals surface area contributed by atoms with Gasteiger partial charge in [-0.1, -0.05) is 23.2 Å². The van der Waals surface area contributed by atoms with Crippen LogP contribution in [0.25, 0.3) is 0 Å². The number of anilines is 1. The summed E-state index contributed by atoms with van der Waals surface area (Å²) in [5.74, 6) is 0.218. The van der Waals surface area contributed by atoms with E-state index in [1.54, 1.807) is 0 Å². The molecule has 0 bridgehead atoms. The lowest BCUT2D eigenvalue weighted by molar-refractivity contribution is 0.110. The van der Waals surface area contributed by atoms with Gasteiger partial charge in [0.15, 0.2) is 0 Å². The van der Waals surface area contributed by atoms with Crippen LogP contribution in [0.15, 0.2) is 17.0 Å². The summed E-state index contributed by atoms with van der Waals surface area (Å²) in [5.41, 5.74) is 5.74. The Bertz CT molecular complexity index is 591. The number of benzene rings is 1. The Labute approximate surface area is 134 Å². The van der Waals surface area contributed by atoms with Gasteiger partial charge in [0, 0.05) is 11.6 Å². The maximum atomic E-state index is 12.3. The molecular formula is C13H18Cl2N2O3S. The van der Waals surface area contributed by atoms with Crippen LogP contribution in [-0.2, 0) is 10.0 Å². The van der Waals surface area contributed by atoms with Crippen LogP contribution in [0.1, 0.15) is 25.7 Å². The van der Waals surface area contributed by atoms with Crippen molar-refractivity contribution in [3.8, 4) is 0 Å². The molecule has 0 heterocycles. The topological polar surface area (TPSA) is 92.4 Å². The van der Waals surface area contributed by atoms with Crippen molar-refractivity contribution in [3.05, 3.63) is 22.2 Å². The van der Waals surface area contributed by atoms with Gasteiger partial charge in [0.25, 0.3) is 0 Å². The van der Waals surface area contributed by atoms with E-state index in [2.05, 4.69) is 4.72 Å². The number of aliphatic hydroxyl groups is 1. The summed E-state index contributed by atoms with van der Waals surface area (Å²) in [5, 5.41) is 9.74. The van der Waals surface area contributed by atoms with E-state index < -0.39 is 10.0 Å². The van der Waals surface area contributed by atoms with Crippen molar-refractivity contribution in [2.75, 3.05) is 12.3 Å². The van der Waals surface area contributed by atoms with Crippen molar-refractivity contribution >= 4 is 38.9 Å². The van der Waals surface area contributed by atoms with Gasteiger partial charge in [-0.15, -0.1) is 0 Å². The van der Waals surface area contributed by atoms with Crippen LogP contribution in [0, 0.1) is 5.92 Å². The molecule has 0 saturated heterocycles. The summed E-state index contributed by atoms with van der Waals surface area (Å²) >= 11 is 11.7. The van der Waals surface area contributed by atoms with E-state index in [1.165, 1.54) is 12.1 Å². The van der Waals surface area contributed by atoms with Crippen molar-refractivity contribution in [1.82, 2.24) is 4.72 Å². The fourth-order valence-electron chi connectivity index (χ4n) is 2.51. The second-order valence-corrected chi connectivity index (χ2v) is 7.88. The second kappa shape index (κ2) is 6.71. The Morgan fingerprint density at radius 1 is 1.24 bits per heavy atom. The Morgan fingerprint density at radius 3 is 2.43 bits per heavy atom. The molecule has 5 nitrogen and oxygen atoms in total. The SMILES string of the molecule is Nc1cc(Cl)cc(Cl)c1S(=O)(=O)NCC1CCC(O)CC1. The van der Waals surface area contributed by atoms with Crippen LogP contribution in [0.4, 0.5) is 5.69 Å². The summed E-state index contributed by atoms with van der Waals surface area (Å²) in [4.78, 5) is -0.135. The molecule has 0 aliphatic heterocycles. The van der Waals surface area contributed by atoms with E-state index in [1.807, 2.05) is 0 Å². The predicted molar refractivity (Wildman–Crippen MR) is 84.0 cm³/mol. The molecular weight excluding hydrogens is 335 g/mol. The monoisotopic (exact) mass is 352 g/mol. The zero-order chi connectivity index (χ0) is 15.6. The minimum absolute atomic E-state index is 0.00608. The van der Waals surface area contributed by atoms with Gasteiger partial charge < -0.3 is 10.8 Å². The first-order valence-electron chi connectivity index (χ1n) is 6.72. The Hall–Kier alpha value is -0.530. The molecule has 1 aliphatic carbocycles. The molecule has 0 unspecified atom stereocenters. The highest BCUT2D eigenvalue weighted by Gasteiger charge is 2.25. The Balaban J connectivity index is 2.09. The number of nitrogen functional groups attached to an aromatic ring is 1. The molecule has 0 aromatic heterocycles. The molecule has 1 aliphatic rings. The third kappa shape index (κ3) is 4.23. The Morgan fingerprint density at radius 2 is 1.86 bits per heavy atom. The molecule has 0 radical (unpaired) electrons. The number of hydrogen-bond acceptors (Lipinski definition) is 4. The van der Waals surface area contributed by atoms with Gasteiger partial charge in [-0.3, -0.25) is 0 Å². The van der Waals surface area contributed by atoms with E-state index >= 15 is 0 Å². The standard InChI is InChI=1S/C13H18Cl2N2O3S/c14-9-5-11(15)13(12(16)6-9)21(19,20)17-7-8-1-3-10(18)4-2-8/h5-6,8,10,17-18H,1-4,7,16H2. The van der Waals surface area contributed by atoms with Crippen molar-refractivity contribution in [3.63, 3.8) is 0 Å². The van der Waals surface area contributed by atoms with Crippen molar-refractivity contribution in [2.45, 2.75) is 36.7 Å². The first-order valence-corrected chi connectivity index (χ1v) is 8.96. The number of nitrogens with two attached hydrogens (primary N) is 1. The van der Waals surface area contributed by atoms with E-state index in [9.17, 15) is 13.5 Å². The minimum atomic E-state index is -3.78. The summed E-state index contributed by atoms with van der Waals surface area (Å²) in [6.07, 6.45) is 2.74. The predicted octanol–water partition coefficient (Wildman–Crippen LogP) is 2.41. The average Bonchev–Trinajstić information content (AvgIpc) is 2.36. The van der Waals surface area contributed by atoms with Gasteiger partial charge >= 0.3 is 0 Å². The van der Waals surface area contributed by atoms with Crippen LogP contribution in [-0.4, -0.2) is 26.2 Å². The van der Waals surface area contributed by atoms with Crippen molar-refractivity contribution < 1.29 is 13.5 Å². The Kier molecular flexibility index (Phi) is 5.38. The zero-order valence-electron chi connectivity index (χ0n) is 11.4. The van der Waals surface area contributed by atoms with Gasteiger partial charge in [-0.2, -0.15) is 0 Å². The minimum Gasteiger partial charge on any atom is -0.398 e. The molecule has 0 amide bonds. The number of rotatable bonds is 4. The van der Waals surface area contributed by atoms with E-state index in [0.717, 1.165) is 12.8 Å². The zero-order valence-corrected chi connectivity index (χ0v) is 13.7.